The summed E-state index contributed by atoms with van der Waals surface area (Å²) in [5.74, 6) is 1.98. The Morgan fingerprint density at radius 2 is 1.73 bits per heavy atom. The first-order chi connectivity index (χ1) is 14.1. The van der Waals surface area contributed by atoms with E-state index < -0.39 is 10.0 Å². The van der Waals surface area contributed by atoms with E-state index in [1.54, 1.807) is 7.11 Å². The molecule has 30 heavy (non-hydrogen) atoms. The first kappa shape index (κ1) is 21.9. The number of anilines is 3. The van der Waals surface area contributed by atoms with Crippen molar-refractivity contribution in [1.29, 1.82) is 0 Å². The molecule has 1 saturated heterocycles. The first-order valence-corrected chi connectivity index (χ1v) is 11.4. The number of rotatable bonds is 6. The Kier molecular flexibility index (Phi) is 6.22. The largest absolute Gasteiger partial charge is 0.495 e. The molecule has 0 amide bonds. The van der Waals surface area contributed by atoms with E-state index in [9.17, 15) is 8.42 Å². The molecule has 0 unspecified atom stereocenters. The fraction of sp³-hybridized carbons (Fsp3) is 0.474. The number of nitrogens with two attached hydrogens (primary N) is 2. The number of nitrogen functional groups attached to an aromatic ring is 2. The van der Waals surface area contributed by atoms with Crippen LogP contribution in [-0.2, 0) is 10.0 Å². The van der Waals surface area contributed by atoms with Crippen LogP contribution in [0.4, 0.5) is 17.5 Å². The minimum absolute atomic E-state index is 0.0723. The molecule has 4 N–H and O–H groups in total. The highest BCUT2D eigenvalue weighted by atomic mass is 32.2. The van der Waals surface area contributed by atoms with Gasteiger partial charge in [-0.25, -0.2) is 13.4 Å². The molecule has 10 nitrogen and oxygen atoms in total. The molecule has 0 aliphatic carbocycles. The SMILES string of the molecule is COc1cc(C(C)C)c(Oc2cnc(N)nc2N)cc1N1CCN(S(C)(=O)=O)CC1. The third-order valence-corrected chi connectivity index (χ3v) is 6.31. The Balaban J connectivity index is 1.97. The van der Waals surface area contributed by atoms with Gasteiger partial charge in [-0.15, -0.1) is 0 Å². The number of nitrogens with zero attached hydrogens (tertiary/aromatic N) is 4. The fourth-order valence-corrected chi connectivity index (χ4v) is 4.20. The molecule has 3 rings (SSSR count). The number of hydrogen-bond donors (Lipinski definition) is 2. The van der Waals surface area contributed by atoms with Gasteiger partial charge in [0.25, 0.3) is 0 Å². The molecular weight excluding hydrogens is 408 g/mol. The minimum atomic E-state index is -3.21. The van der Waals surface area contributed by atoms with Crippen molar-refractivity contribution in [2.24, 2.45) is 0 Å². The molecule has 0 spiro atoms. The lowest BCUT2D eigenvalue weighted by molar-refractivity contribution is 0.379. The molecule has 1 aliphatic rings. The van der Waals surface area contributed by atoms with E-state index in [1.807, 2.05) is 12.1 Å². The van der Waals surface area contributed by atoms with Crippen LogP contribution in [0.5, 0.6) is 17.2 Å². The van der Waals surface area contributed by atoms with Crippen molar-refractivity contribution in [3.05, 3.63) is 23.9 Å². The van der Waals surface area contributed by atoms with Gasteiger partial charge < -0.3 is 25.8 Å². The van der Waals surface area contributed by atoms with Crippen molar-refractivity contribution < 1.29 is 17.9 Å². The lowest BCUT2D eigenvalue weighted by Crippen LogP contribution is -2.48. The van der Waals surface area contributed by atoms with Crippen molar-refractivity contribution in [3.63, 3.8) is 0 Å². The van der Waals surface area contributed by atoms with E-state index in [2.05, 4.69) is 28.7 Å². The number of sulfonamides is 1. The van der Waals surface area contributed by atoms with Gasteiger partial charge in [-0.05, 0) is 12.0 Å². The predicted octanol–water partition coefficient (Wildman–Crippen LogP) is 1.65. The van der Waals surface area contributed by atoms with E-state index in [0.29, 0.717) is 43.4 Å². The molecular formula is C19H28N6O4S. The Labute approximate surface area is 176 Å². The van der Waals surface area contributed by atoms with Crippen molar-refractivity contribution in [2.45, 2.75) is 19.8 Å². The maximum atomic E-state index is 11.8. The molecule has 1 aromatic carbocycles. The van der Waals surface area contributed by atoms with Crippen LogP contribution >= 0.6 is 0 Å². The summed E-state index contributed by atoms with van der Waals surface area (Å²) >= 11 is 0. The second-order valence-electron chi connectivity index (χ2n) is 7.45. The van der Waals surface area contributed by atoms with Crippen molar-refractivity contribution in [2.75, 3.05) is 55.9 Å². The maximum Gasteiger partial charge on any atom is 0.222 e. The van der Waals surface area contributed by atoms with E-state index in [0.717, 1.165) is 11.3 Å². The Morgan fingerprint density at radius 1 is 1.07 bits per heavy atom. The van der Waals surface area contributed by atoms with E-state index in [4.69, 9.17) is 20.9 Å². The van der Waals surface area contributed by atoms with Gasteiger partial charge in [0.15, 0.2) is 11.6 Å². The van der Waals surface area contributed by atoms with Gasteiger partial charge in [0.1, 0.15) is 11.5 Å². The van der Waals surface area contributed by atoms with Crippen LogP contribution in [-0.4, -0.2) is 62.2 Å². The van der Waals surface area contributed by atoms with Gasteiger partial charge in [-0.2, -0.15) is 9.29 Å². The lowest BCUT2D eigenvalue weighted by atomic mass is 10.0. The van der Waals surface area contributed by atoms with Crippen LogP contribution in [0, 0.1) is 0 Å². The summed E-state index contributed by atoms with van der Waals surface area (Å²) < 4.78 is 36.8. The van der Waals surface area contributed by atoms with Crippen LogP contribution in [0.3, 0.4) is 0 Å². The zero-order valence-corrected chi connectivity index (χ0v) is 18.4. The van der Waals surface area contributed by atoms with E-state index in [-0.39, 0.29) is 17.7 Å². The second-order valence-corrected chi connectivity index (χ2v) is 9.43. The molecule has 0 radical (unpaired) electrons. The number of hydrogen-bond acceptors (Lipinski definition) is 9. The Morgan fingerprint density at radius 3 is 2.27 bits per heavy atom. The van der Waals surface area contributed by atoms with E-state index >= 15 is 0 Å². The van der Waals surface area contributed by atoms with Crippen molar-refractivity contribution in [3.8, 4) is 17.2 Å². The number of benzene rings is 1. The Bertz CT molecular complexity index is 1020. The highest BCUT2D eigenvalue weighted by molar-refractivity contribution is 7.88. The van der Waals surface area contributed by atoms with Crippen molar-refractivity contribution >= 4 is 27.5 Å². The normalized spacial score (nSPS) is 15.4. The third kappa shape index (κ3) is 4.68. The lowest BCUT2D eigenvalue weighted by Gasteiger charge is -2.35. The van der Waals surface area contributed by atoms with Crippen LogP contribution in [0.2, 0.25) is 0 Å². The van der Waals surface area contributed by atoms with Gasteiger partial charge in [0.05, 0.1) is 25.2 Å². The minimum Gasteiger partial charge on any atom is -0.495 e. The molecule has 1 aromatic heterocycles. The average molecular weight is 437 g/mol. The highest BCUT2D eigenvalue weighted by Crippen LogP contribution is 2.41. The standard InChI is InChI=1S/C19H28N6O4S/c1-12(2)13-9-16(28-3)14(24-5-7-25(8-6-24)30(4,26)27)10-15(13)29-17-11-22-19(21)23-18(17)20/h9-12H,5-8H2,1-4H3,(H4,20,21,22,23). The van der Waals surface area contributed by atoms with Crippen molar-refractivity contribution in [1.82, 2.24) is 14.3 Å². The van der Waals surface area contributed by atoms with Gasteiger partial charge in [0, 0.05) is 37.8 Å². The molecule has 0 atom stereocenters. The fourth-order valence-electron chi connectivity index (χ4n) is 3.37. The van der Waals surface area contributed by atoms with Crippen LogP contribution in [0.25, 0.3) is 0 Å². The molecule has 2 heterocycles. The second kappa shape index (κ2) is 8.52. The van der Waals surface area contributed by atoms with Crippen LogP contribution in [0.15, 0.2) is 18.3 Å². The van der Waals surface area contributed by atoms with Crippen LogP contribution in [0.1, 0.15) is 25.3 Å². The number of ether oxygens (including phenoxy) is 2. The monoisotopic (exact) mass is 436 g/mol. The molecule has 0 saturated carbocycles. The Hall–Kier alpha value is -2.79. The molecule has 1 fully saturated rings. The predicted molar refractivity (Wildman–Crippen MR) is 117 cm³/mol. The summed E-state index contributed by atoms with van der Waals surface area (Å²) in [6.45, 7) is 5.99. The summed E-state index contributed by atoms with van der Waals surface area (Å²) in [6.07, 6.45) is 2.67. The summed E-state index contributed by atoms with van der Waals surface area (Å²) in [7, 11) is -1.60. The average Bonchev–Trinajstić information content (AvgIpc) is 2.69. The summed E-state index contributed by atoms with van der Waals surface area (Å²) in [6, 6.07) is 3.83. The quantitative estimate of drug-likeness (QED) is 0.692. The smallest absolute Gasteiger partial charge is 0.222 e. The molecule has 1 aliphatic heterocycles. The van der Waals surface area contributed by atoms with E-state index in [1.165, 1.54) is 16.8 Å². The topological polar surface area (TPSA) is 137 Å². The number of methoxy groups -OCH3 is 1. The molecule has 11 heteroatoms. The van der Waals surface area contributed by atoms with Gasteiger partial charge in [0.2, 0.25) is 16.0 Å². The van der Waals surface area contributed by atoms with Gasteiger partial charge >= 0.3 is 0 Å². The maximum absolute atomic E-state index is 11.8. The van der Waals surface area contributed by atoms with Crippen LogP contribution < -0.4 is 25.8 Å². The zero-order valence-electron chi connectivity index (χ0n) is 17.6. The summed E-state index contributed by atoms with van der Waals surface area (Å²) in [5, 5.41) is 0. The number of aromatic nitrogens is 2. The zero-order chi connectivity index (χ0) is 22.1. The molecule has 164 valence electrons. The molecule has 0 bridgehead atoms. The molecule has 2 aromatic rings. The summed E-state index contributed by atoms with van der Waals surface area (Å²) in [4.78, 5) is 9.98. The van der Waals surface area contributed by atoms with Gasteiger partial charge in [-0.3, -0.25) is 0 Å². The third-order valence-electron chi connectivity index (χ3n) is 5.00. The van der Waals surface area contributed by atoms with Gasteiger partial charge in [-0.1, -0.05) is 13.8 Å². The first-order valence-electron chi connectivity index (χ1n) is 9.58. The summed E-state index contributed by atoms with van der Waals surface area (Å²) in [5.41, 5.74) is 13.3. The number of piperazine rings is 1. The highest BCUT2D eigenvalue weighted by Gasteiger charge is 2.26.